The fraction of sp³-hybridized carbons (Fsp3) is 1.00. The molecule has 0 atom stereocenters. The molecule has 0 aliphatic carbocycles. The Morgan fingerprint density at radius 2 is 1.69 bits per heavy atom. The number of hydrogen-bond donors (Lipinski definition) is 0. The van der Waals surface area contributed by atoms with Gasteiger partial charge in [0.25, 0.3) is 0 Å². The van der Waals surface area contributed by atoms with Crippen LogP contribution in [0.3, 0.4) is 0 Å². The molecule has 1 aliphatic heterocycles. The van der Waals surface area contributed by atoms with Crippen LogP contribution in [0.2, 0.25) is 0 Å². The van der Waals surface area contributed by atoms with Gasteiger partial charge in [-0.2, -0.15) is 0 Å². The topological polar surface area (TPSA) is 3.24 Å². The van der Waals surface area contributed by atoms with Gasteiger partial charge < -0.3 is 4.90 Å². The zero-order chi connectivity index (χ0) is 9.73. The van der Waals surface area contributed by atoms with Crippen LogP contribution in [0.15, 0.2) is 0 Å². The summed E-state index contributed by atoms with van der Waals surface area (Å²) in [6.07, 6.45) is 6.93. The summed E-state index contributed by atoms with van der Waals surface area (Å²) in [7, 11) is 0. The smallest absolute Gasteiger partial charge is 0.00136 e. The predicted octanol–water partition coefficient (Wildman–Crippen LogP) is 3.30. The summed E-state index contributed by atoms with van der Waals surface area (Å²) in [6.45, 7) is 11.1. The van der Waals surface area contributed by atoms with Crippen LogP contribution in [0.4, 0.5) is 0 Å². The fourth-order valence-corrected chi connectivity index (χ4v) is 1.97. The third kappa shape index (κ3) is 4.12. The lowest BCUT2D eigenvalue weighted by atomic mass is 9.82. The zero-order valence-corrected chi connectivity index (χ0v) is 9.60. The molecule has 0 unspecified atom stereocenters. The minimum absolute atomic E-state index is 0.612. The van der Waals surface area contributed by atoms with Crippen LogP contribution in [0.25, 0.3) is 0 Å². The van der Waals surface area contributed by atoms with Gasteiger partial charge in [-0.1, -0.05) is 33.6 Å². The highest BCUT2D eigenvalue weighted by molar-refractivity contribution is 4.78. The minimum Gasteiger partial charge on any atom is -0.303 e. The van der Waals surface area contributed by atoms with Crippen molar-refractivity contribution in [3.8, 4) is 0 Å². The molecule has 1 rings (SSSR count). The standard InChI is InChI=1S/C12H25N/c1-4-5-6-9-13-10-7-12(2,3)8-11-13/h4-11H2,1-3H3. The number of likely N-dealkylation sites (tertiary alicyclic amines) is 1. The Morgan fingerprint density at radius 3 is 2.23 bits per heavy atom. The molecule has 1 nitrogen and oxygen atoms in total. The summed E-state index contributed by atoms with van der Waals surface area (Å²) in [5, 5.41) is 0. The molecular formula is C12H25N. The van der Waals surface area contributed by atoms with Gasteiger partial charge in [0.05, 0.1) is 0 Å². The van der Waals surface area contributed by atoms with E-state index in [0.717, 1.165) is 0 Å². The van der Waals surface area contributed by atoms with Crippen molar-refractivity contribution in [1.29, 1.82) is 0 Å². The first-order chi connectivity index (χ1) is 6.14. The molecule has 1 aliphatic rings. The molecule has 0 radical (unpaired) electrons. The first-order valence-electron chi connectivity index (χ1n) is 5.86. The van der Waals surface area contributed by atoms with Crippen LogP contribution in [0.1, 0.15) is 52.9 Å². The maximum atomic E-state index is 2.64. The summed E-state index contributed by atoms with van der Waals surface area (Å²) in [5.41, 5.74) is 0.612. The monoisotopic (exact) mass is 183 g/mol. The van der Waals surface area contributed by atoms with Crippen LogP contribution in [-0.2, 0) is 0 Å². The number of piperidine rings is 1. The van der Waals surface area contributed by atoms with Gasteiger partial charge in [0.1, 0.15) is 0 Å². The number of unbranched alkanes of at least 4 members (excludes halogenated alkanes) is 2. The van der Waals surface area contributed by atoms with E-state index in [4.69, 9.17) is 0 Å². The Bertz CT molecular complexity index is 130. The van der Waals surface area contributed by atoms with Crippen molar-refractivity contribution in [1.82, 2.24) is 4.90 Å². The molecule has 78 valence electrons. The van der Waals surface area contributed by atoms with Gasteiger partial charge in [-0.3, -0.25) is 0 Å². The van der Waals surface area contributed by atoms with Crippen LogP contribution < -0.4 is 0 Å². The minimum atomic E-state index is 0.612. The van der Waals surface area contributed by atoms with Crippen molar-refractivity contribution < 1.29 is 0 Å². The Morgan fingerprint density at radius 1 is 1.08 bits per heavy atom. The Kier molecular flexibility index (Phi) is 4.24. The summed E-state index contributed by atoms with van der Waals surface area (Å²) in [4.78, 5) is 2.64. The molecule has 0 N–H and O–H groups in total. The second kappa shape index (κ2) is 4.99. The van der Waals surface area contributed by atoms with E-state index in [0.29, 0.717) is 5.41 Å². The average molecular weight is 183 g/mol. The highest BCUT2D eigenvalue weighted by Gasteiger charge is 2.24. The molecule has 0 spiro atoms. The molecular weight excluding hydrogens is 158 g/mol. The molecule has 1 heterocycles. The highest BCUT2D eigenvalue weighted by Crippen LogP contribution is 2.29. The number of rotatable bonds is 4. The molecule has 13 heavy (non-hydrogen) atoms. The van der Waals surface area contributed by atoms with Crippen molar-refractivity contribution in [3.63, 3.8) is 0 Å². The summed E-state index contributed by atoms with van der Waals surface area (Å²) in [5.74, 6) is 0. The molecule has 1 saturated heterocycles. The second-order valence-corrected chi connectivity index (χ2v) is 5.21. The molecule has 0 aromatic heterocycles. The molecule has 0 saturated carbocycles. The van der Waals surface area contributed by atoms with E-state index in [9.17, 15) is 0 Å². The third-order valence-electron chi connectivity index (χ3n) is 3.29. The van der Waals surface area contributed by atoms with Crippen molar-refractivity contribution >= 4 is 0 Å². The SMILES string of the molecule is CCCCCN1CCC(C)(C)CC1. The van der Waals surface area contributed by atoms with Gasteiger partial charge in [-0.25, -0.2) is 0 Å². The number of nitrogens with zero attached hydrogens (tertiary/aromatic N) is 1. The normalized spacial score (nSPS) is 23.3. The second-order valence-electron chi connectivity index (χ2n) is 5.21. The lowest BCUT2D eigenvalue weighted by Crippen LogP contribution is -2.37. The first-order valence-corrected chi connectivity index (χ1v) is 5.86. The molecule has 0 aromatic carbocycles. The third-order valence-corrected chi connectivity index (χ3v) is 3.29. The molecule has 1 fully saturated rings. The van der Waals surface area contributed by atoms with E-state index >= 15 is 0 Å². The largest absolute Gasteiger partial charge is 0.303 e. The molecule has 1 heteroatoms. The summed E-state index contributed by atoms with van der Waals surface area (Å²) >= 11 is 0. The molecule has 0 aromatic rings. The Hall–Kier alpha value is -0.0400. The van der Waals surface area contributed by atoms with E-state index in [2.05, 4.69) is 25.7 Å². The molecule has 0 amide bonds. The van der Waals surface area contributed by atoms with Crippen molar-refractivity contribution in [3.05, 3.63) is 0 Å². The van der Waals surface area contributed by atoms with Gasteiger partial charge in [-0.15, -0.1) is 0 Å². The van der Waals surface area contributed by atoms with Crippen molar-refractivity contribution in [2.75, 3.05) is 19.6 Å². The van der Waals surface area contributed by atoms with E-state index in [-0.39, 0.29) is 0 Å². The van der Waals surface area contributed by atoms with Gasteiger partial charge >= 0.3 is 0 Å². The first kappa shape index (κ1) is 11.0. The van der Waals surface area contributed by atoms with Crippen molar-refractivity contribution in [2.45, 2.75) is 52.9 Å². The van der Waals surface area contributed by atoms with Gasteiger partial charge in [0.15, 0.2) is 0 Å². The highest BCUT2D eigenvalue weighted by atomic mass is 15.1. The Labute approximate surface area is 83.5 Å². The van der Waals surface area contributed by atoms with Crippen LogP contribution in [0.5, 0.6) is 0 Å². The van der Waals surface area contributed by atoms with E-state index in [1.807, 2.05) is 0 Å². The van der Waals surface area contributed by atoms with Gasteiger partial charge in [0, 0.05) is 0 Å². The van der Waals surface area contributed by atoms with Crippen LogP contribution in [0, 0.1) is 5.41 Å². The number of hydrogen-bond acceptors (Lipinski definition) is 1. The quantitative estimate of drug-likeness (QED) is 0.604. The van der Waals surface area contributed by atoms with Crippen LogP contribution in [-0.4, -0.2) is 24.5 Å². The fourth-order valence-electron chi connectivity index (χ4n) is 1.97. The van der Waals surface area contributed by atoms with E-state index in [1.165, 1.54) is 51.7 Å². The summed E-state index contributed by atoms with van der Waals surface area (Å²) < 4.78 is 0. The average Bonchev–Trinajstić information content (AvgIpc) is 2.08. The Balaban J connectivity index is 2.11. The van der Waals surface area contributed by atoms with Crippen molar-refractivity contribution in [2.24, 2.45) is 5.41 Å². The summed E-state index contributed by atoms with van der Waals surface area (Å²) in [6, 6.07) is 0. The van der Waals surface area contributed by atoms with Gasteiger partial charge in [-0.05, 0) is 44.3 Å². The van der Waals surface area contributed by atoms with Gasteiger partial charge in [0.2, 0.25) is 0 Å². The van der Waals surface area contributed by atoms with E-state index < -0.39 is 0 Å². The lowest BCUT2D eigenvalue weighted by molar-refractivity contribution is 0.131. The maximum absolute atomic E-state index is 2.64. The zero-order valence-electron chi connectivity index (χ0n) is 9.60. The molecule has 0 bridgehead atoms. The maximum Gasteiger partial charge on any atom is -0.00136 e. The predicted molar refractivity (Wildman–Crippen MR) is 59.0 cm³/mol. The lowest BCUT2D eigenvalue weighted by Gasteiger charge is -2.36. The van der Waals surface area contributed by atoms with E-state index in [1.54, 1.807) is 0 Å². The van der Waals surface area contributed by atoms with Crippen LogP contribution >= 0.6 is 0 Å².